The highest BCUT2D eigenvalue weighted by Crippen LogP contribution is 2.24. The molecule has 16 heavy (non-hydrogen) atoms. The third-order valence-corrected chi connectivity index (χ3v) is 4.64. The Morgan fingerprint density at radius 1 is 1.31 bits per heavy atom. The van der Waals surface area contributed by atoms with Crippen molar-refractivity contribution in [2.24, 2.45) is 0 Å². The predicted octanol–water partition coefficient (Wildman–Crippen LogP) is 2.06. The maximum atomic E-state index is 11.3. The number of hydrogen-bond donors (Lipinski definition) is 0. The van der Waals surface area contributed by atoms with E-state index >= 15 is 0 Å². The Labute approximate surface area is 105 Å². The molecule has 1 atom stereocenters. The first-order valence-corrected chi connectivity index (χ1v) is 7.96. The van der Waals surface area contributed by atoms with Crippen LogP contribution in [0.15, 0.2) is 29.2 Å². The average Bonchev–Trinajstić information content (AvgIpc) is 2.64. The first-order valence-electron chi connectivity index (χ1n) is 5.16. The van der Waals surface area contributed by atoms with Crippen molar-refractivity contribution in [3.63, 3.8) is 0 Å². The first kappa shape index (κ1) is 11.9. The lowest BCUT2D eigenvalue weighted by atomic mass is 10.3. The van der Waals surface area contributed by atoms with E-state index in [1.165, 1.54) is 6.26 Å². The van der Waals surface area contributed by atoms with Gasteiger partial charge in [-0.2, -0.15) is 0 Å². The molecule has 0 radical (unpaired) electrons. The first-order chi connectivity index (χ1) is 7.47. The van der Waals surface area contributed by atoms with Crippen LogP contribution in [0.3, 0.4) is 0 Å². The largest absolute Gasteiger partial charge is 0.370 e. The molecule has 1 fully saturated rings. The van der Waals surface area contributed by atoms with Crippen LogP contribution in [-0.4, -0.2) is 32.6 Å². The molecule has 88 valence electrons. The molecule has 5 heteroatoms. The van der Waals surface area contributed by atoms with Gasteiger partial charge in [0.05, 0.1) is 4.90 Å². The predicted molar refractivity (Wildman–Crippen MR) is 69.1 cm³/mol. The van der Waals surface area contributed by atoms with Gasteiger partial charge >= 0.3 is 0 Å². The fourth-order valence-electron chi connectivity index (χ4n) is 1.86. The van der Waals surface area contributed by atoms with Crippen LogP contribution >= 0.6 is 15.9 Å². The van der Waals surface area contributed by atoms with Crippen molar-refractivity contribution < 1.29 is 8.42 Å². The Hall–Kier alpha value is -0.550. The van der Waals surface area contributed by atoms with E-state index in [0.717, 1.165) is 25.2 Å². The van der Waals surface area contributed by atoms with Gasteiger partial charge in [-0.3, -0.25) is 0 Å². The van der Waals surface area contributed by atoms with E-state index in [1.807, 2.05) is 12.1 Å². The van der Waals surface area contributed by atoms with Gasteiger partial charge in [-0.1, -0.05) is 15.9 Å². The van der Waals surface area contributed by atoms with Crippen molar-refractivity contribution >= 4 is 31.5 Å². The monoisotopic (exact) mass is 303 g/mol. The topological polar surface area (TPSA) is 37.4 Å². The molecule has 0 aliphatic carbocycles. The normalized spacial score (nSPS) is 21.4. The minimum Gasteiger partial charge on any atom is -0.370 e. The summed E-state index contributed by atoms with van der Waals surface area (Å²) in [7, 11) is -3.08. The zero-order valence-corrected chi connectivity index (χ0v) is 11.5. The fourth-order valence-corrected chi connectivity index (χ4v) is 3.04. The number of sulfone groups is 1. The van der Waals surface area contributed by atoms with E-state index < -0.39 is 9.84 Å². The molecule has 3 nitrogen and oxygen atoms in total. The summed E-state index contributed by atoms with van der Waals surface area (Å²) in [6, 6.07) is 7.10. The Kier molecular flexibility index (Phi) is 3.26. The number of nitrogens with zero attached hydrogens (tertiary/aromatic N) is 1. The third-order valence-electron chi connectivity index (χ3n) is 2.76. The number of rotatable bonds is 2. The van der Waals surface area contributed by atoms with Crippen LogP contribution in [-0.2, 0) is 9.84 Å². The molecule has 0 spiro atoms. The number of hydrogen-bond acceptors (Lipinski definition) is 3. The highest BCUT2D eigenvalue weighted by molar-refractivity contribution is 9.09. The van der Waals surface area contributed by atoms with Crippen molar-refractivity contribution in [3.05, 3.63) is 24.3 Å². The summed E-state index contributed by atoms with van der Waals surface area (Å²) in [5.74, 6) is 0. The Bertz CT molecular complexity index is 469. The zero-order valence-electron chi connectivity index (χ0n) is 9.06. The SMILES string of the molecule is CS(=O)(=O)c1ccc(N2CCC(Br)C2)cc1. The lowest BCUT2D eigenvalue weighted by molar-refractivity contribution is 0.602. The van der Waals surface area contributed by atoms with Gasteiger partial charge in [-0.05, 0) is 30.7 Å². The highest BCUT2D eigenvalue weighted by atomic mass is 79.9. The molecule has 1 heterocycles. The van der Waals surface area contributed by atoms with E-state index in [-0.39, 0.29) is 0 Å². The van der Waals surface area contributed by atoms with Gasteiger partial charge in [0.25, 0.3) is 0 Å². The molecule has 0 N–H and O–H groups in total. The summed E-state index contributed by atoms with van der Waals surface area (Å²) < 4.78 is 22.6. The molecule has 0 bridgehead atoms. The fraction of sp³-hybridized carbons (Fsp3) is 0.455. The standard InChI is InChI=1S/C11H14BrNO2S/c1-16(14,15)11-4-2-10(3-5-11)13-7-6-9(12)8-13/h2-5,9H,6-8H2,1H3. The Morgan fingerprint density at radius 3 is 2.38 bits per heavy atom. The third kappa shape index (κ3) is 2.58. The molecule has 1 aromatic carbocycles. The summed E-state index contributed by atoms with van der Waals surface area (Å²) in [6.07, 6.45) is 2.36. The Balaban J connectivity index is 2.20. The van der Waals surface area contributed by atoms with E-state index in [0.29, 0.717) is 9.72 Å². The van der Waals surface area contributed by atoms with Gasteiger partial charge < -0.3 is 4.90 Å². The van der Waals surface area contributed by atoms with E-state index in [9.17, 15) is 8.42 Å². The molecule has 1 aliphatic rings. The highest BCUT2D eigenvalue weighted by Gasteiger charge is 2.20. The van der Waals surface area contributed by atoms with Crippen molar-refractivity contribution in [3.8, 4) is 0 Å². The molecule has 1 aromatic rings. The second-order valence-corrected chi connectivity index (χ2v) is 7.41. The molecule has 1 saturated heterocycles. The second kappa shape index (κ2) is 4.37. The van der Waals surface area contributed by atoms with Gasteiger partial charge in [0, 0.05) is 29.9 Å². The lowest BCUT2D eigenvalue weighted by Gasteiger charge is -2.17. The van der Waals surface area contributed by atoms with E-state index in [2.05, 4.69) is 20.8 Å². The number of alkyl halides is 1. The minimum absolute atomic E-state index is 0.380. The van der Waals surface area contributed by atoms with Crippen LogP contribution in [0.4, 0.5) is 5.69 Å². The minimum atomic E-state index is -3.08. The number of halogens is 1. The maximum absolute atomic E-state index is 11.3. The van der Waals surface area contributed by atoms with Crippen molar-refractivity contribution in [1.82, 2.24) is 0 Å². The van der Waals surface area contributed by atoms with E-state index in [4.69, 9.17) is 0 Å². The second-order valence-electron chi connectivity index (χ2n) is 4.10. The van der Waals surface area contributed by atoms with Crippen LogP contribution in [0, 0.1) is 0 Å². The summed E-state index contributed by atoms with van der Waals surface area (Å²) in [4.78, 5) is 3.18. The lowest BCUT2D eigenvalue weighted by Crippen LogP contribution is -2.19. The van der Waals surface area contributed by atoms with Gasteiger partial charge in [0.2, 0.25) is 0 Å². The molecular formula is C11H14BrNO2S. The van der Waals surface area contributed by atoms with Gasteiger partial charge in [-0.15, -0.1) is 0 Å². The average molecular weight is 304 g/mol. The molecule has 1 unspecified atom stereocenters. The van der Waals surface area contributed by atoms with Crippen LogP contribution in [0.1, 0.15) is 6.42 Å². The molecule has 1 aliphatic heterocycles. The van der Waals surface area contributed by atoms with Crippen LogP contribution in [0.2, 0.25) is 0 Å². The quantitative estimate of drug-likeness (QED) is 0.785. The number of anilines is 1. The van der Waals surface area contributed by atoms with Crippen molar-refractivity contribution in [2.45, 2.75) is 16.1 Å². The molecule has 0 saturated carbocycles. The summed E-state index contributed by atoms with van der Waals surface area (Å²) in [6.45, 7) is 2.01. The summed E-state index contributed by atoms with van der Waals surface area (Å²) >= 11 is 3.58. The molecule has 0 aromatic heterocycles. The van der Waals surface area contributed by atoms with Gasteiger partial charge in [-0.25, -0.2) is 8.42 Å². The smallest absolute Gasteiger partial charge is 0.175 e. The number of benzene rings is 1. The van der Waals surface area contributed by atoms with Crippen LogP contribution in [0.25, 0.3) is 0 Å². The van der Waals surface area contributed by atoms with Gasteiger partial charge in [0.1, 0.15) is 0 Å². The van der Waals surface area contributed by atoms with E-state index in [1.54, 1.807) is 12.1 Å². The van der Waals surface area contributed by atoms with Gasteiger partial charge in [0.15, 0.2) is 9.84 Å². The summed E-state index contributed by atoms with van der Waals surface area (Å²) in [5.41, 5.74) is 1.09. The van der Waals surface area contributed by atoms with Crippen molar-refractivity contribution in [1.29, 1.82) is 0 Å². The van der Waals surface area contributed by atoms with Crippen LogP contribution in [0.5, 0.6) is 0 Å². The Morgan fingerprint density at radius 2 is 1.94 bits per heavy atom. The van der Waals surface area contributed by atoms with Crippen molar-refractivity contribution in [2.75, 3.05) is 24.2 Å². The van der Waals surface area contributed by atoms with Crippen LogP contribution < -0.4 is 4.90 Å². The maximum Gasteiger partial charge on any atom is 0.175 e. The summed E-state index contributed by atoms with van der Waals surface area (Å²) in [5, 5.41) is 0. The molecule has 0 amide bonds. The zero-order chi connectivity index (χ0) is 11.8. The molecular weight excluding hydrogens is 290 g/mol. The molecule has 2 rings (SSSR count).